The number of hydrogen-bond acceptors (Lipinski definition) is 7. The molecule has 8 nitrogen and oxygen atoms in total. The van der Waals surface area contributed by atoms with Crippen LogP contribution in [0.4, 0.5) is 5.69 Å². The van der Waals surface area contributed by atoms with E-state index < -0.39 is 10.0 Å². The molecule has 0 saturated carbocycles. The number of piperidine rings is 1. The second kappa shape index (κ2) is 9.73. The first-order valence-corrected chi connectivity index (χ1v) is 14.7. The fraction of sp³-hybridized carbons (Fsp3) is 0.333. The number of nitrogens with two attached hydrogens (primary N) is 1. The van der Waals surface area contributed by atoms with Crippen LogP contribution in [0.5, 0.6) is 0 Å². The molecule has 0 bridgehead atoms. The number of aromatic nitrogens is 2. The van der Waals surface area contributed by atoms with Crippen molar-refractivity contribution in [2.24, 2.45) is 11.7 Å². The quantitative estimate of drug-likeness (QED) is 0.312. The molecule has 3 aromatic heterocycles. The lowest BCUT2D eigenvalue weighted by molar-refractivity contribution is -0.123. The van der Waals surface area contributed by atoms with Crippen LogP contribution in [-0.4, -0.2) is 42.3 Å². The number of H-pyrrole nitrogens is 1. The normalized spacial score (nSPS) is 15.6. The van der Waals surface area contributed by atoms with Gasteiger partial charge in [-0.05, 0) is 61.5 Å². The summed E-state index contributed by atoms with van der Waals surface area (Å²) in [6.07, 6.45) is 4.14. The van der Waals surface area contributed by atoms with Crippen LogP contribution in [0.25, 0.3) is 21.6 Å². The summed E-state index contributed by atoms with van der Waals surface area (Å²) in [4.78, 5) is 22.8. The number of benzene rings is 1. The number of carbonyl (C=O) groups excluding carboxylic acids is 1. The third kappa shape index (κ3) is 4.99. The van der Waals surface area contributed by atoms with E-state index in [0.29, 0.717) is 16.3 Å². The molecule has 4 N–H and O–H groups in total. The summed E-state index contributed by atoms with van der Waals surface area (Å²) in [5, 5.41) is 3.57. The molecule has 4 heterocycles. The number of amides is 1. The highest BCUT2D eigenvalue weighted by atomic mass is 32.2. The lowest BCUT2D eigenvalue weighted by Crippen LogP contribution is -2.37. The molecule has 1 aromatic carbocycles. The van der Waals surface area contributed by atoms with Gasteiger partial charge in [0.1, 0.15) is 9.22 Å². The van der Waals surface area contributed by atoms with Crippen molar-refractivity contribution in [1.29, 1.82) is 0 Å². The molecule has 0 spiro atoms. The summed E-state index contributed by atoms with van der Waals surface area (Å²) in [7, 11) is -3.68. The summed E-state index contributed by atoms with van der Waals surface area (Å²) in [5.41, 5.74) is 8.34. The van der Waals surface area contributed by atoms with E-state index in [4.69, 9.17) is 5.73 Å². The molecule has 11 heteroatoms. The van der Waals surface area contributed by atoms with E-state index in [0.717, 1.165) is 64.5 Å². The number of fused-ring (bicyclic) bond motifs is 1. The molecule has 0 atom stereocenters. The first-order chi connectivity index (χ1) is 16.8. The Kier molecular flexibility index (Phi) is 6.67. The van der Waals surface area contributed by atoms with Gasteiger partial charge >= 0.3 is 0 Å². The lowest BCUT2D eigenvalue weighted by Gasteiger charge is -2.29. The molecule has 184 valence electrons. The number of thiazole rings is 1. The Hall–Kier alpha value is -2.73. The van der Waals surface area contributed by atoms with Crippen LogP contribution in [0.3, 0.4) is 0 Å². The van der Waals surface area contributed by atoms with E-state index >= 15 is 0 Å². The predicted octanol–water partition coefficient (Wildman–Crippen LogP) is 4.41. The van der Waals surface area contributed by atoms with Crippen molar-refractivity contribution in [2.45, 2.75) is 36.9 Å². The van der Waals surface area contributed by atoms with Crippen molar-refractivity contribution >= 4 is 55.2 Å². The van der Waals surface area contributed by atoms with Crippen molar-refractivity contribution in [3.63, 3.8) is 0 Å². The molecular formula is C24H27N5O3S3. The fourth-order valence-corrected chi connectivity index (χ4v) is 8.02. The van der Waals surface area contributed by atoms with Gasteiger partial charge in [-0.15, -0.1) is 22.7 Å². The van der Waals surface area contributed by atoms with Crippen LogP contribution in [0, 0.1) is 5.92 Å². The number of nitrogens with one attached hydrogen (secondary N) is 2. The van der Waals surface area contributed by atoms with Gasteiger partial charge in [0.25, 0.3) is 10.0 Å². The number of primary amides is 1. The van der Waals surface area contributed by atoms with Crippen molar-refractivity contribution < 1.29 is 13.2 Å². The average Bonchev–Trinajstić information content (AvgIpc) is 3.58. The van der Waals surface area contributed by atoms with Gasteiger partial charge in [-0.1, -0.05) is 19.1 Å². The van der Waals surface area contributed by atoms with Crippen molar-refractivity contribution in [3.8, 4) is 10.7 Å². The third-order valence-corrected chi connectivity index (χ3v) is 10.3. The van der Waals surface area contributed by atoms with Crippen LogP contribution in [0.1, 0.15) is 30.2 Å². The third-order valence-electron chi connectivity index (χ3n) is 6.39. The maximum Gasteiger partial charge on any atom is 0.271 e. The molecule has 1 aliphatic heterocycles. The molecule has 35 heavy (non-hydrogen) atoms. The van der Waals surface area contributed by atoms with Gasteiger partial charge < -0.3 is 10.7 Å². The lowest BCUT2D eigenvalue weighted by atomic mass is 9.96. The van der Waals surface area contributed by atoms with Gasteiger partial charge in [0.05, 0.1) is 16.9 Å². The zero-order valence-corrected chi connectivity index (χ0v) is 21.7. The van der Waals surface area contributed by atoms with Gasteiger partial charge in [0, 0.05) is 28.9 Å². The number of aromatic amines is 1. The molecule has 1 aliphatic rings. The van der Waals surface area contributed by atoms with Crippen molar-refractivity contribution in [1.82, 2.24) is 14.9 Å². The molecule has 0 unspecified atom stereocenters. The summed E-state index contributed by atoms with van der Waals surface area (Å²) >= 11 is 2.84. The zero-order valence-electron chi connectivity index (χ0n) is 19.3. The maximum absolute atomic E-state index is 13.1. The number of sulfonamides is 1. The molecule has 4 aromatic rings. The van der Waals surface area contributed by atoms with Gasteiger partial charge in [0.15, 0.2) is 0 Å². The smallest absolute Gasteiger partial charge is 0.271 e. The molecule has 5 rings (SSSR count). The van der Waals surface area contributed by atoms with Gasteiger partial charge in [-0.3, -0.25) is 14.4 Å². The predicted molar refractivity (Wildman–Crippen MR) is 141 cm³/mol. The molecular weight excluding hydrogens is 502 g/mol. The van der Waals surface area contributed by atoms with Crippen LogP contribution >= 0.6 is 22.7 Å². The van der Waals surface area contributed by atoms with Gasteiger partial charge in [-0.2, -0.15) is 0 Å². The van der Waals surface area contributed by atoms with Crippen molar-refractivity contribution in [3.05, 3.63) is 52.3 Å². The Morgan fingerprint density at radius 1 is 1.29 bits per heavy atom. The number of aryl methyl sites for hydroxylation is 1. The molecule has 1 saturated heterocycles. The Morgan fingerprint density at radius 2 is 2.09 bits per heavy atom. The fourth-order valence-electron chi connectivity index (χ4n) is 4.47. The standard InChI is InChI=1S/C24H27N5O3S3/c1-2-15-8-11-33-24(15)35(31,32)28-19-5-3-4-17-12-20(27-21(17)19)23-26-13-18(34-23)14-29-9-6-16(7-10-29)22(25)30/h3-5,8,11-13,16,27-28H,2,6-7,9-10,14H2,1H3,(H2,25,30). The highest BCUT2D eigenvalue weighted by Gasteiger charge is 2.24. The van der Waals surface area contributed by atoms with E-state index in [2.05, 4.69) is 19.6 Å². The van der Waals surface area contributed by atoms with Gasteiger partial charge in [-0.25, -0.2) is 13.4 Å². The number of likely N-dealkylation sites (tertiary alicyclic amines) is 1. The largest absolute Gasteiger partial charge is 0.369 e. The second-order valence-corrected chi connectivity index (χ2v) is 12.6. The number of carbonyl (C=O) groups is 1. The van der Waals surface area contributed by atoms with Crippen LogP contribution in [-0.2, 0) is 27.8 Å². The summed E-state index contributed by atoms with van der Waals surface area (Å²) in [5.74, 6) is -0.221. The average molecular weight is 530 g/mol. The Bertz CT molecular complexity index is 1460. The van der Waals surface area contributed by atoms with E-state index in [-0.39, 0.29) is 11.8 Å². The zero-order chi connectivity index (χ0) is 24.6. The minimum absolute atomic E-state index is 0.0189. The summed E-state index contributed by atoms with van der Waals surface area (Å²) < 4.78 is 29.2. The first kappa shape index (κ1) is 24.0. The van der Waals surface area contributed by atoms with Crippen LogP contribution in [0.2, 0.25) is 0 Å². The number of rotatable bonds is 8. The van der Waals surface area contributed by atoms with Crippen LogP contribution in [0.15, 0.2) is 46.1 Å². The number of anilines is 1. The minimum atomic E-state index is -3.68. The minimum Gasteiger partial charge on any atom is -0.369 e. The monoisotopic (exact) mass is 529 g/mol. The van der Waals surface area contributed by atoms with E-state index in [1.165, 1.54) is 11.3 Å². The highest BCUT2D eigenvalue weighted by molar-refractivity contribution is 7.94. The number of nitrogens with zero attached hydrogens (tertiary/aromatic N) is 2. The van der Waals surface area contributed by atoms with E-state index in [1.807, 2.05) is 37.4 Å². The van der Waals surface area contributed by atoms with E-state index in [9.17, 15) is 13.2 Å². The second-order valence-electron chi connectivity index (χ2n) is 8.73. The number of hydrogen-bond donors (Lipinski definition) is 3. The Balaban J connectivity index is 1.34. The molecule has 1 amide bonds. The Morgan fingerprint density at radius 3 is 2.83 bits per heavy atom. The van der Waals surface area contributed by atoms with Crippen LogP contribution < -0.4 is 10.5 Å². The highest BCUT2D eigenvalue weighted by Crippen LogP contribution is 2.33. The van der Waals surface area contributed by atoms with Crippen molar-refractivity contribution in [2.75, 3.05) is 17.8 Å². The number of para-hydroxylation sites is 1. The molecule has 0 radical (unpaired) electrons. The molecule has 0 aliphatic carbocycles. The molecule has 1 fully saturated rings. The summed E-state index contributed by atoms with van der Waals surface area (Å²) in [6, 6.07) is 9.41. The topological polar surface area (TPSA) is 121 Å². The van der Waals surface area contributed by atoms with E-state index in [1.54, 1.807) is 22.8 Å². The maximum atomic E-state index is 13.1. The van der Waals surface area contributed by atoms with Gasteiger partial charge in [0.2, 0.25) is 5.91 Å². The first-order valence-electron chi connectivity index (χ1n) is 11.5. The number of thiophene rings is 1. The SMILES string of the molecule is CCc1ccsc1S(=O)(=O)Nc1cccc2cc(-c3ncc(CN4CCC(C(N)=O)CC4)s3)[nH]c12. The Labute approximate surface area is 212 Å². The summed E-state index contributed by atoms with van der Waals surface area (Å²) in [6.45, 7) is 4.43.